The molecule has 0 aliphatic carbocycles. The van der Waals surface area contributed by atoms with Crippen LogP contribution in [0.4, 0.5) is 0 Å². The normalized spacial score (nSPS) is 23.9. The van der Waals surface area contributed by atoms with Crippen molar-refractivity contribution in [2.24, 2.45) is 0 Å². The number of fused-ring (bicyclic) bond motifs is 3. The third-order valence-electron chi connectivity index (χ3n) is 3.71. The second-order valence-corrected chi connectivity index (χ2v) is 4.56. The third kappa shape index (κ3) is 1.21. The average Bonchev–Trinajstić information content (AvgIpc) is 2.69. The maximum absolute atomic E-state index is 11.9. The SMILES string of the molecule is Cc1cccc2c1CC(=O)N1CCCC21. The largest absolute Gasteiger partial charge is 0.335 e. The molecule has 1 amide bonds. The van der Waals surface area contributed by atoms with Gasteiger partial charge >= 0.3 is 0 Å². The standard InChI is InChI=1S/C13H15NO/c1-9-4-2-5-10-11(9)8-13(15)14-7-3-6-12(10)14/h2,4-5,12H,3,6-8H2,1H3. The van der Waals surface area contributed by atoms with E-state index in [0.717, 1.165) is 19.4 Å². The summed E-state index contributed by atoms with van der Waals surface area (Å²) in [5, 5.41) is 0. The van der Waals surface area contributed by atoms with Crippen molar-refractivity contribution < 1.29 is 4.79 Å². The number of carbonyl (C=O) groups is 1. The van der Waals surface area contributed by atoms with E-state index in [1.165, 1.54) is 16.7 Å². The summed E-state index contributed by atoms with van der Waals surface area (Å²) < 4.78 is 0. The summed E-state index contributed by atoms with van der Waals surface area (Å²) >= 11 is 0. The Balaban J connectivity index is 2.15. The van der Waals surface area contributed by atoms with Crippen molar-refractivity contribution in [1.82, 2.24) is 4.90 Å². The van der Waals surface area contributed by atoms with Crippen LogP contribution in [0.3, 0.4) is 0 Å². The van der Waals surface area contributed by atoms with Gasteiger partial charge in [-0.05, 0) is 36.5 Å². The monoisotopic (exact) mass is 201 g/mol. The highest BCUT2D eigenvalue weighted by Gasteiger charge is 2.35. The molecule has 0 saturated carbocycles. The summed E-state index contributed by atoms with van der Waals surface area (Å²) in [4.78, 5) is 14.0. The van der Waals surface area contributed by atoms with Gasteiger partial charge in [-0.1, -0.05) is 18.2 Å². The minimum atomic E-state index is 0.319. The van der Waals surface area contributed by atoms with Crippen molar-refractivity contribution >= 4 is 5.91 Å². The van der Waals surface area contributed by atoms with Gasteiger partial charge in [0.25, 0.3) is 0 Å². The number of rotatable bonds is 0. The summed E-state index contributed by atoms with van der Waals surface area (Å²) in [5.74, 6) is 0.319. The zero-order valence-corrected chi connectivity index (χ0v) is 8.99. The first-order valence-electron chi connectivity index (χ1n) is 5.65. The summed E-state index contributed by atoms with van der Waals surface area (Å²) in [6.07, 6.45) is 2.91. The van der Waals surface area contributed by atoms with Crippen LogP contribution >= 0.6 is 0 Å². The lowest BCUT2D eigenvalue weighted by molar-refractivity contribution is -0.132. The first-order chi connectivity index (χ1) is 7.27. The minimum absolute atomic E-state index is 0.319. The highest BCUT2D eigenvalue weighted by Crippen LogP contribution is 2.38. The third-order valence-corrected chi connectivity index (χ3v) is 3.71. The van der Waals surface area contributed by atoms with Gasteiger partial charge in [0.2, 0.25) is 5.91 Å². The van der Waals surface area contributed by atoms with Crippen LogP contribution < -0.4 is 0 Å². The molecular weight excluding hydrogens is 186 g/mol. The molecule has 1 saturated heterocycles. The molecule has 2 heteroatoms. The van der Waals surface area contributed by atoms with E-state index in [2.05, 4.69) is 30.0 Å². The molecule has 0 aromatic heterocycles. The van der Waals surface area contributed by atoms with Crippen molar-refractivity contribution in [3.8, 4) is 0 Å². The smallest absolute Gasteiger partial charge is 0.227 e. The lowest BCUT2D eigenvalue weighted by Crippen LogP contribution is -2.36. The van der Waals surface area contributed by atoms with Gasteiger partial charge in [0.05, 0.1) is 12.5 Å². The van der Waals surface area contributed by atoms with Crippen LogP contribution in [0.25, 0.3) is 0 Å². The van der Waals surface area contributed by atoms with Crippen molar-refractivity contribution in [3.63, 3.8) is 0 Å². The van der Waals surface area contributed by atoms with Gasteiger partial charge in [-0.15, -0.1) is 0 Å². The minimum Gasteiger partial charge on any atom is -0.335 e. The maximum atomic E-state index is 11.9. The van der Waals surface area contributed by atoms with E-state index < -0.39 is 0 Å². The highest BCUT2D eigenvalue weighted by atomic mass is 16.2. The van der Waals surface area contributed by atoms with E-state index in [9.17, 15) is 4.79 Å². The topological polar surface area (TPSA) is 20.3 Å². The van der Waals surface area contributed by atoms with E-state index in [1.807, 2.05) is 0 Å². The molecule has 2 aliphatic heterocycles. The Hall–Kier alpha value is -1.31. The maximum Gasteiger partial charge on any atom is 0.227 e. The Labute approximate surface area is 89.9 Å². The number of hydrogen-bond acceptors (Lipinski definition) is 1. The second kappa shape index (κ2) is 3.09. The van der Waals surface area contributed by atoms with E-state index >= 15 is 0 Å². The van der Waals surface area contributed by atoms with Gasteiger partial charge in [-0.3, -0.25) is 4.79 Å². The van der Waals surface area contributed by atoms with Gasteiger partial charge in [-0.25, -0.2) is 0 Å². The highest BCUT2D eigenvalue weighted by molar-refractivity contribution is 5.82. The molecule has 78 valence electrons. The van der Waals surface area contributed by atoms with Crippen LogP contribution in [0.5, 0.6) is 0 Å². The van der Waals surface area contributed by atoms with E-state index in [0.29, 0.717) is 18.4 Å². The molecule has 1 aromatic carbocycles. The predicted molar refractivity (Wildman–Crippen MR) is 58.6 cm³/mol. The number of benzene rings is 1. The number of nitrogens with zero attached hydrogens (tertiary/aromatic N) is 1. The summed E-state index contributed by atoms with van der Waals surface area (Å²) in [6.45, 7) is 3.06. The molecule has 1 unspecified atom stereocenters. The zero-order valence-electron chi connectivity index (χ0n) is 8.99. The molecule has 0 radical (unpaired) electrons. The number of aryl methyl sites for hydroxylation is 1. The van der Waals surface area contributed by atoms with E-state index in [1.54, 1.807) is 0 Å². The van der Waals surface area contributed by atoms with Gasteiger partial charge in [-0.2, -0.15) is 0 Å². The van der Waals surface area contributed by atoms with Gasteiger partial charge < -0.3 is 4.90 Å². The molecule has 3 rings (SSSR count). The van der Waals surface area contributed by atoms with Crippen molar-refractivity contribution in [2.45, 2.75) is 32.2 Å². The number of amides is 1. The van der Waals surface area contributed by atoms with Crippen LogP contribution in [-0.4, -0.2) is 17.4 Å². The Kier molecular flexibility index (Phi) is 1.84. The molecule has 1 fully saturated rings. The van der Waals surface area contributed by atoms with Crippen molar-refractivity contribution in [2.75, 3.05) is 6.54 Å². The molecule has 1 aromatic rings. The van der Waals surface area contributed by atoms with E-state index in [-0.39, 0.29) is 0 Å². The Morgan fingerprint density at radius 2 is 2.27 bits per heavy atom. The van der Waals surface area contributed by atoms with Crippen LogP contribution in [0.2, 0.25) is 0 Å². The molecule has 1 atom stereocenters. The van der Waals surface area contributed by atoms with Gasteiger partial charge in [0.15, 0.2) is 0 Å². The molecule has 0 N–H and O–H groups in total. The fraction of sp³-hybridized carbons (Fsp3) is 0.462. The molecule has 2 aliphatic rings. The quantitative estimate of drug-likeness (QED) is 0.630. The number of carbonyl (C=O) groups excluding carboxylic acids is 1. The summed E-state index contributed by atoms with van der Waals surface area (Å²) in [7, 11) is 0. The zero-order chi connectivity index (χ0) is 10.4. The second-order valence-electron chi connectivity index (χ2n) is 4.56. The van der Waals surface area contributed by atoms with Crippen molar-refractivity contribution in [1.29, 1.82) is 0 Å². The van der Waals surface area contributed by atoms with Crippen LogP contribution in [-0.2, 0) is 11.2 Å². The first kappa shape index (κ1) is 8.96. The lowest BCUT2D eigenvalue weighted by Gasteiger charge is -2.32. The average molecular weight is 201 g/mol. The van der Waals surface area contributed by atoms with Gasteiger partial charge in [0, 0.05) is 6.54 Å². The van der Waals surface area contributed by atoms with Crippen molar-refractivity contribution in [3.05, 3.63) is 34.9 Å². The molecule has 0 spiro atoms. The fourth-order valence-electron chi connectivity index (χ4n) is 2.92. The van der Waals surface area contributed by atoms with Crippen LogP contribution in [0.15, 0.2) is 18.2 Å². The molecule has 15 heavy (non-hydrogen) atoms. The van der Waals surface area contributed by atoms with Gasteiger partial charge in [0.1, 0.15) is 0 Å². The fourth-order valence-corrected chi connectivity index (χ4v) is 2.92. The Bertz CT molecular complexity index is 425. The molecule has 0 bridgehead atoms. The Morgan fingerprint density at radius 1 is 1.40 bits per heavy atom. The molecular formula is C13H15NO. The Morgan fingerprint density at radius 3 is 3.13 bits per heavy atom. The summed E-state index contributed by atoms with van der Waals surface area (Å²) in [5.41, 5.74) is 3.95. The molecule has 2 nitrogen and oxygen atoms in total. The van der Waals surface area contributed by atoms with Crippen LogP contribution in [0, 0.1) is 6.92 Å². The predicted octanol–water partition coefficient (Wildman–Crippen LogP) is 2.21. The summed E-state index contributed by atoms with van der Waals surface area (Å²) in [6, 6.07) is 6.79. The van der Waals surface area contributed by atoms with E-state index in [4.69, 9.17) is 0 Å². The lowest BCUT2D eigenvalue weighted by atomic mass is 9.89. The molecule has 2 heterocycles. The van der Waals surface area contributed by atoms with Crippen LogP contribution in [0.1, 0.15) is 35.6 Å². The number of hydrogen-bond donors (Lipinski definition) is 0. The first-order valence-corrected chi connectivity index (χ1v) is 5.65.